The van der Waals surface area contributed by atoms with Gasteiger partial charge in [0.1, 0.15) is 24.2 Å². The van der Waals surface area contributed by atoms with Crippen LogP contribution in [-0.2, 0) is 9.47 Å². The zero-order chi connectivity index (χ0) is 16.5. The third kappa shape index (κ3) is 2.43. The van der Waals surface area contributed by atoms with Gasteiger partial charge in [-0.1, -0.05) is 31.7 Å². The monoisotopic (exact) mass is 312 g/mol. The van der Waals surface area contributed by atoms with Crippen molar-refractivity contribution in [2.75, 3.05) is 13.2 Å². The first-order chi connectivity index (χ1) is 10.4. The zero-order valence-electron chi connectivity index (χ0n) is 12.5. The molecule has 1 amide bonds. The van der Waals surface area contributed by atoms with E-state index in [9.17, 15) is 19.9 Å². The zero-order valence-corrected chi connectivity index (χ0v) is 12.5. The molecule has 1 heterocycles. The fourth-order valence-electron chi connectivity index (χ4n) is 2.76. The minimum atomic E-state index is -1.46. The fourth-order valence-corrected chi connectivity index (χ4v) is 2.76. The van der Waals surface area contributed by atoms with Crippen LogP contribution < -0.4 is 5.32 Å². The molecule has 0 aromatic rings. The summed E-state index contributed by atoms with van der Waals surface area (Å²) in [6.45, 7) is 7.02. The van der Waals surface area contributed by atoms with Crippen LogP contribution in [0.25, 0.3) is 0 Å². The van der Waals surface area contributed by atoms with Crippen LogP contribution >= 0.6 is 0 Å². The number of hydrogen-bond donors (Lipinski definition) is 3. The number of fused-ring (bicyclic) bond motifs is 1. The smallest absolute Gasteiger partial charge is 0.407 e. The molecule has 22 heavy (non-hydrogen) atoms. The van der Waals surface area contributed by atoms with Gasteiger partial charge in [-0.15, -0.1) is 4.91 Å². The van der Waals surface area contributed by atoms with Crippen molar-refractivity contribution in [1.82, 2.24) is 5.32 Å². The Morgan fingerprint density at radius 1 is 1.64 bits per heavy atom. The van der Waals surface area contributed by atoms with Gasteiger partial charge in [-0.3, -0.25) is 0 Å². The third-order valence-electron chi connectivity index (χ3n) is 3.96. The summed E-state index contributed by atoms with van der Waals surface area (Å²) in [5, 5.41) is 25.5. The number of rotatable bonds is 6. The number of aliphatic hydroxyl groups excluding tert-OH is 2. The lowest BCUT2D eigenvalue weighted by molar-refractivity contribution is 0.0280. The number of hydrogen-bond acceptors (Lipinski definition) is 7. The summed E-state index contributed by atoms with van der Waals surface area (Å²) in [4.78, 5) is 22.7. The van der Waals surface area contributed by atoms with Gasteiger partial charge < -0.3 is 25.0 Å². The maximum Gasteiger partial charge on any atom is 0.407 e. The second-order valence-corrected chi connectivity index (χ2v) is 5.68. The summed E-state index contributed by atoms with van der Waals surface area (Å²) in [6.07, 6.45) is -1.27. The molecular weight excluding hydrogens is 292 g/mol. The SMILES string of the molecule is C=CCOC(=O)NCC1OC(C(C)C)=C(O)C2C(O)C12N=O. The maximum atomic E-state index is 11.4. The van der Waals surface area contributed by atoms with E-state index in [4.69, 9.17) is 9.47 Å². The van der Waals surface area contributed by atoms with Crippen LogP contribution in [0.2, 0.25) is 0 Å². The van der Waals surface area contributed by atoms with Crippen LogP contribution in [-0.4, -0.2) is 47.2 Å². The van der Waals surface area contributed by atoms with Crippen LogP contribution in [0, 0.1) is 16.7 Å². The number of allylic oxidation sites excluding steroid dienone is 1. The molecule has 2 rings (SSSR count). The number of nitroso groups, excluding NO2 is 1. The van der Waals surface area contributed by atoms with Gasteiger partial charge in [0.15, 0.2) is 5.54 Å². The van der Waals surface area contributed by atoms with Crippen LogP contribution in [0.3, 0.4) is 0 Å². The van der Waals surface area contributed by atoms with Gasteiger partial charge in [0.05, 0.1) is 18.6 Å². The molecule has 4 unspecified atom stereocenters. The molecule has 0 aromatic carbocycles. The quantitative estimate of drug-likeness (QED) is 0.501. The molecule has 8 heteroatoms. The average molecular weight is 312 g/mol. The summed E-state index contributed by atoms with van der Waals surface area (Å²) in [5.74, 6) is -0.764. The van der Waals surface area contributed by atoms with E-state index in [1.165, 1.54) is 6.08 Å². The van der Waals surface area contributed by atoms with Crippen molar-refractivity contribution in [1.29, 1.82) is 0 Å². The van der Waals surface area contributed by atoms with Crippen molar-refractivity contribution in [3.05, 3.63) is 29.1 Å². The molecule has 4 atom stereocenters. The van der Waals surface area contributed by atoms with Crippen molar-refractivity contribution < 1.29 is 24.5 Å². The van der Waals surface area contributed by atoms with Gasteiger partial charge in [-0.25, -0.2) is 4.79 Å². The summed E-state index contributed by atoms with van der Waals surface area (Å²) in [5.41, 5.74) is -1.46. The van der Waals surface area contributed by atoms with Gasteiger partial charge in [-0.05, 0) is 0 Å². The Hall–Kier alpha value is -2.09. The van der Waals surface area contributed by atoms with Crippen LogP contribution in [0.1, 0.15) is 13.8 Å². The largest absolute Gasteiger partial charge is 0.508 e. The number of amides is 1. The molecule has 8 nitrogen and oxygen atoms in total. The predicted molar refractivity (Wildman–Crippen MR) is 76.9 cm³/mol. The second-order valence-electron chi connectivity index (χ2n) is 5.68. The molecule has 0 aromatic heterocycles. The first-order valence-electron chi connectivity index (χ1n) is 7.03. The van der Waals surface area contributed by atoms with Gasteiger partial charge in [-0.2, -0.15) is 0 Å². The number of ether oxygens (including phenoxy) is 2. The summed E-state index contributed by atoms with van der Waals surface area (Å²) >= 11 is 0. The molecule has 1 aliphatic carbocycles. The van der Waals surface area contributed by atoms with Crippen molar-refractivity contribution in [3.8, 4) is 0 Å². The molecule has 1 aliphatic heterocycles. The van der Waals surface area contributed by atoms with Crippen molar-refractivity contribution in [2.45, 2.75) is 31.6 Å². The Morgan fingerprint density at radius 3 is 2.86 bits per heavy atom. The van der Waals surface area contributed by atoms with Crippen LogP contribution in [0.5, 0.6) is 0 Å². The predicted octanol–water partition coefficient (Wildman–Crippen LogP) is 1.22. The summed E-state index contributed by atoms with van der Waals surface area (Å²) in [6, 6.07) is 0. The van der Waals surface area contributed by atoms with Gasteiger partial charge >= 0.3 is 6.09 Å². The molecule has 2 aliphatic rings. The molecule has 122 valence electrons. The third-order valence-corrected chi connectivity index (χ3v) is 3.96. The lowest BCUT2D eigenvalue weighted by atomic mass is 9.99. The van der Waals surface area contributed by atoms with Crippen molar-refractivity contribution in [3.63, 3.8) is 0 Å². The first kappa shape index (κ1) is 16.3. The summed E-state index contributed by atoms with van der Waals surface area (Å²) < 4.78 is 10.4. The summed E-state index contributed by atoms with van der Waals surface area (Å²) in [7, 11) is 0. The number of nitrogens with one attached hydrogen (secondary N) is 1. The number of aliphatic hydroxyl groups is 2. The van der Waals surface area contributed by atoms with Crippen molar-refractivity contribution >= 4 is 6.09 Å². The molecule has 3 N–H and O–H groups in total. The highest BCUT2D eigenvalue weighted by atomic mass is 16.5. The molecule has 1 fully saturated rings. The minimum Gasteiger partial charge on any atom is -0.508 e. The lowest BCUT2D eigenvalue weighted by Gasteiger charge is -2.30. The van der Waals surface area contributed by atoms with E-state index < -0.39 is 29.8 Å². The number of carbonyl (C=O) groups excluding carboxylic acids is 1. The lowest BCUT2D eigenvalue weighted by Crippen LogP contribution is -2.46. The molecular formula is C14H20N2O6. The highest BCUT2D eigenvalue weighted by Gasteiger charge is 2.76. The highest BCUT2D eigenvalue weighted by Crippen LogP contribution is 2.58. The van der Waals surface area contributed by atoms with Crippen LogP contribution in [0.4, 0.5) is 4.79 Å². The van der Waals surface area contributed by atoms with E-state index in [1.807, 2.05) is 13.8 Å². The number of nitrogens with zero attached hydrogens (tertiary/aromatic N) is 1. The van der Waals surface area contributed by atoms with E-state index in [1.54, 1.807) is 0 Å². The average Bonchev–Trinajstić information content (AvgIpc) is 3.11. The Bertz CT molecular complexity index is 517. The Kier molecular flexibility index (Phi) is 4.41. The second kappa shape index (κ2) is 5.96. The molecule has 0 bridgehead atoms. The Morgan fingerprint density at radius 2 is 2.32 bits per heavy atom. The van der Waals surface area contributed by atoms with E-state index in [-0.39, 0.29) is 24.8 Å². The van der Waals surface area contributed by atoms with Crippen LogP contribution in [0.15, 0.2) is 29.4 Å². The van der Waals surface area contributed by atoms with E-state index >= 15 is 0 Å². The molecule has 0 radical (unpaired) electrons. The number of alkyl carbamates (subject to hydrolysis) is 1. The van der Waals surface area contributed by atoms with Crippen molar-refractivity contribution in [2.24, 2.45) is 17.0 Å². The van der Waals surface area contributed by atoms with Gasteiger partial charge in [0.2, 0.25) is 0 Å². The molecule has 1 saturated carbocycles. The first-order valence-corrected chi connectivity index (χ1v) is 7.03. The standard InChI is InChI=1S/C14H20N2O6/c1-4-5-21-13(19)15-6-8-14(16-20)9(12(14)18)10(17)11(22-8)7(2)3/h4,7-9,12,17-18H,1,5-6H2,2-3H3,(H,15,19). The van der Waals surface area contributed by atoms with E-state index in [2.05, 4.69) is 17.1 Å². The Labute approximate surface area is 127 Å². The minimum absolute atomic E-state index is 0.0532. The topological polar surface area (TPSA) is 117 Å². The van der Waals surface area contributed by atoms with E-state index in [0.717, 1.165) is 0 Å². The molecule has 0 spiro atoms. The van der Waals surface area contributed by atoms with Gasteiger partial charge in [0, 0.05) is 5.92 Å². The number of carbonyl (C=O) groups is 1. The Balaban J connectivity index is 2.12. The maximum absolute atomic E-state index is 11.4. The normalized spacial score (nSPS) is 32.8. The molecule has 0 saturated heterocycles. The fraction of sp³-hybridized carbons (Fsp3) is 0.643. The highest BCUT2D eigenvalue weighted by molar-refractivity contribution is 5.67. The van der Waals surface area contributed by atoms with E-state index in [0.29, 0.717) is 5.76 Å². The van der Waals surface area contributed by atoms with Gasteiger partial charge in [0.25, 0.3) is 0 Å².